The summed E-state index contributed by atoms with van der Waals surface area (Å²) in [6.45, 7) is 2.11. The summed E-state index contributed by atoms with van der Waals surface area (Å²) in [6.07, 6.45) is 5.44. The van der Waals surface area contributed by atoms with Crippen molar-refractivity contribution in [3.05, 3.63) is 53.8 Å². The molecule has 1 aromatic heterocycles. The summed E-state index contributed by atoms with van der Waals surface area (Å²) in [5, 5.41) is 4.86. The van der Waals surface area contributed by atoms with E-state index in [4.69, 9.17) is 4.98 Å². The Morgan fingerprint density at radius 3 is 2.62 bits per heavy atom. The Balaban J connectivity index is 1.63. The number of carbonyl (C=O) groups is 1. The van der Waals surface area contributed by atoms with Gasteiger partial charge in [0.1, 0.15) is 10.8 Å². The van der Waals surface area contributed by atoms with E-state index in [9.17, 15) is 9.18 Å². The zero-order chi connectivity index (χ0) is 20.2. The molecular formula is C23H24FN3OS. The van der Waals surface area contributed by atoms with E-state index in [1.54, 1.807) is 12.1 Å². The molecule has 0 atom stereocenters. The summed E-state index contributed by atoms with van der Waals surface area (Å²) in [7, 11) is 0. The topological polar surface area (TPSA) is 54.9 Å². The van der Waals surface area contributed by atoms with E-state index < -0.39 is 0 Å². The second-order valence-corrected chi connectivity index (χ2v) is 8.37. The molecule has 0 spiro atoms. The first-order valence-corrected chi connectivity index (χ1v) is 11.1. The van der Waals surface area contributed by atoms with Gasteiger partial charge in [0.05, 0.1) is 11.3 Å². The van der Waals surface area contributed by atoms with Crippen LogP contribution in [0.1, 0.15) is 38.2 Å². The van der Waals surface area contributed by atoms with Crippen molar-refractivity contribution in [3.8, 4) is 11.4 Å². The first-order chi connectivity index (χ1) is 14.1. The van der Waals surface area contributed by atoms with Crippen LogP contribution in [0.4, 0.5) is 4.39 Å². The molecule has 1 heterocycles. The van der Waals surface area contributed by atoms with Crippen molar-refractivity contribution in [1.29, 1.82) is 0 Å². The van der Waals surface area contributed by atoms with Crippen LogP contribution < -0.4 is 5.32 Å². The maximum Gasteiger partial charge on any atom is 0.230 e. The third-order valence-electron chi connectivity index (χ3n) is 5.30. The van der Waals surface area contributed by atoms with Crippen molar-refractivity contribution in [1.82, 2.24) is 15.3 Å². The third-order valence-corrected chi connectivity index (χ3v) is 6.29. The van der Waals surface area contributed by atoms with Crippen LogP contribution in [0, 0.1) is 5.82 Å². The number of nitrogens with one attached hydrogen (secondary N) is 1. The number of rotatable bonds is 6. The van der Waals surface area contributed by atoms with Gasteiger partial charge in [-0.1, -0.05) is 37.6 Å². The number of amides is 1. The van der Waals surface area contributed by atoms with Crippen LogP contribution in [-0.4, -0.2) is 27.7 Å². The predicted molar refractivity (Wildman–Crippen MR) is 115 cm³/mol. The molecule has 1 saturated carbocycles. The maximum atomic E-state index is 13.3. The average molecular weight is 410 g/mol. The number of aromatic nitrogens is 2. The number of nitrogens with zero attached hydrogens (tertiary/aromatic N) is 2. The third kappa shape index (κ3) is 4.75. The van der Waals surface area contributed by atoms with Gasteiger partial charge in [0.2, 0.25) is 5.91 Å². The van der Waals surface area contributed by atoms with Crippen molar-refractivity contribution in [3.63, 3.8) is 0 Å². The van der Waals surface area contributed by atoms with Crippen molar-refractivity contribution in [2.75, 3.05) is 5.75 Å². The van der Waals surface area contributed by atoms with E-state index in [0.717, 1.165) is 40.8 Å². The zero-order valence-electron chi connectivity index (χ0n) is 16.5. The van der Waals surface area contributed by atoms with Gasteiger partial charge in [0, 0.05) is 17.0 Å². The van der Waals surface area contributed by atoms with Gasteiger partial charge in [-0.05, 0) is 61.2 Å². The first kappa shape index (κ1) is 19.8. The fourth-order valence-electron chi connectivity index (χ4n) is 3.68. The molecule has 0 radical (unpaired) electrons. The first-order valence-electron chi connectivity index (χ1n) is 10.1. The number of benzene rings is 2. The summed E-state index contributed by atoms with van der Waals surface area (Å²) in [4.78, 5) is 21.8. The molecule has 0 bridgehead atoms. The minimum atomic E-state index is -0.291. The lowest BCUT2D eigenvalue weighted by atomic mass is 10.1. The van der Waals surface area contributed by atoms with Gasteiger partial charge in [-0.3, -0.25) is 4.79 Å². The number of halogens is 1. The van der Waals surface area contributed by atoms with Gasteiger partial charge in [-0.15, -0.1) is 0 Å². The summed E-state index contributed by atoms with van der Waals surface area (Å²) in [5.41, 5.74) is 2.79. The van der Waals surface area contributed by atoms with Gasteiger partial charge in [0.15, 0.2) is 5.82 Å². The van der Waals surface area contributed by atoms with Crippen molar-refractivity contribution >= 4 is 28.6 Å². The molecule has 1 aliphatic carbocycles. The van der Waals surface area contributed by atoms with Gasteiger partial charge in [-0.2, -0.15) is 0 Å². The zero-order valence-corrected chi connectivity index (χ0v) is 17.3. The number of thioether (sulfide) groups is 1. The number of hydrogen-bond donors (Lipinski definition) is 1. The molecule has 0 unspecified atom stereocenters. The smallest absolute Gasteiger partial charge is 0.230 e. The monoisotopic (exact) mass is 409 g/mol. The van der Waals surface area contributed by atoms with E-state index >= 15 is 0 Å². The second-order valence-electron chi connectivity index (χ2n) is 7.40. The van der Waals surface area contributed by atoms with Crippen LogP contribution in [-0.2, 0) is 11.2 Å². The largest absolute Gasteiger partial charge is 0.353 e. The van der Waals surface area contributed by atoms with Crippen LogP contribution >= 0.6 is 11.8 Å². The Hall–Kier alpha value is -2.47. The van der Waals surface area contributed by atoms with E-state index in [-0.39, 0.29) is 11.7 Å². The molecule has 4 rings (SSSR count). The lowest BCUT2D eigenvalue weighted by Crippen LogP contribution is -2.33. The van der Waals surface area contributed by atoms with Crippen molar-refractivity contribution in [2.24, 2.45) is 0 Å². The molecule has 6 heteroatoms. The van der Waals surface area contributed by atoms with Crippen molar-refractivity contribution < 1.29 is 9.18 Å². The van der Waals surface area contributed by atoms with Crippen LogP contribution in [0.25, 0.3) is 22.3 Å². The molecule has 1 aliphatic rings. The van der Waals surface area contributed by atoms with E-state index in [1.165, 1.54) is 42.3 Å². The minimum absolute atomic E-state index is 0.0450. The predicted octanol–water partition coefficient (Wildman–Crippen LogP) is 5.15. The molecule has 1 fully saturated rings. The molecular weight excluding hydrogens is 385 g/mol. The van der Waals surface area contributed by atoms with Crippen LogP contribution in [0.5, 0.6) is 0 Å². The maximum absolute atomic E-state index is 13.3. The lowest BCUT2D eigenvalue weighted by molar-refractivity contribution is -0.119. The van der Waals surface area contributed by atoms with E-state index in [1.807, 2.05) is 6.07 Å². The highest BCUT2D eigenvalue weighted by Crippen LogP contribution is 2.29. The molecule has 0 aliphatic heterocycles. The number of carbonyl (C=O) groups excluding carboxylic acids is 1. The molecule has 3 aromatic rings. The molecule has 0 saturated heterocycles. The lowest BCUT2D eigenvalue weighted by Gasteiger charge is -2.13. The molecule has 1 amide bonds. The van der Waals surface area contributed by atoms with Gasteiger partial charge in [-0.25, -0.2) is 14.4 Å². The molecule has 2 aromatic carbocycles. The molecule has 150 valence electrons. The van der Waals surface area contributed by atoms with E-state index in [0.29, 0.717) is 17.6 Å². The fraction of sp³-hybridized carbons (Fsp3) is 0.348. The fourth-order valence-corrected chi connectivity index (χ4v) is 4.50. The Kier molecular flexibility index (Phi) is 6.09. The number of fused-ring (bicyclic) bond motifs is 1. The summed E-state index contributed by atoms with van der Waals surface area (Å²) in [6, 6.07) is 12.6. The average Bonchev–Trinajstić information content (AvgIpc) is 3.25. The highest BCUT2D eigenvalue weighted by Gasteiger charge is 2.18. The van der Waals surface area contributed by atoms with Crippen molar-refractivity contribution in [2.45, 2.75) is 50.1 Å². The Morgan fingerprint density at radius 1 is 1.14 bits per heavy atom. The van der Waals surface area contributed by atoms with Gasteiger partial charge >= 0.3 is 0 Å². The second kappa shape index (κ2) is 8.91. The summed E-state index contributed by atoms with van der Waals surface area (Å²) in [5.74, 6) is 0.617. The Morgan fingerprint density at radius 2 is 1.90 bits per heavy atom. The SMILES string of the molecule is CCc1ccc2nc(-c3ccc(F)cc3)nc(SCC(=O)NC3CCCC3)c2c1. The van der Waals surface area contributed by atoms with Crippen LogP contribution in [0.2, 0.25) is 0 Å². The molecule has 4 nitrogen and oxygen atoms in total. The number of aryl methyl sites for hydroxylation is 1. The standard InChI is InChI=1S/C23H24FN3OS/c1-2-15-7-12-20-19(13-15)23(29-14-21(28)25-18-5-3-4-6-18)27-22(26-20)16-8-10-17(24)11-9-16/h7-13,18H,2-6,14H2,1H3,(H,25,28). The molecule has 29 heavy (non-hydrogen) atoms. The van der Waals surface area contributed by atoms with E-state index in [2.05, 4.69) is 29.4 Å². The summed E-state index contributed by atoms with van der Waals surface area (Å²) >= 11 is 1.44. The Labute approximate surface area is 174 Å². The van der Waals surface area contributed by atoms with Crippen LogP contribution in [0.15, 0.2) is 47.5 Å². The van der Waals surface area contributed by atoms with Crippen LogP contribution in [0.3, 0.4) is 0 Å². The highest BCUT2D eigenvalue weighted by atomic mass is 32.2. The minimum Gasteiger partial charge on any atom is -0.353 e. The summed E-state index contributed by atoms with van der Waals surface area (Å²) < 4.78 is 13.3. The normalized spacial score (nSPS) is 14.4. The quantitative estimate of drug-likeness (QED) is 0.452. The number of hydrogen-bond acceptors (Lipinski definition) is 4. The Bertz CT molecular complexity index is 1020. The van der Waals surface area contributed by atoms with Gasteiger partial charge < -0.3 is 5.32 Å². The van der Waals surface area contributed by atoms with Gasteiger partial charge in [0.25, 0.3) is 0 Å². The highest BCUT2D eigenvalue weighted by molar-refractivity contribution is 8.00. The molecule has 1 N–H and O–H groups in total.